The molecular formula is C20H23N3O2. The Kier molecular flexibility index (Phi) is 5.03. The van der Waals surface area contributed by atoms with Gasteiger partial charge in [-0.15, -0.1) is 0 Å². The largest absolute Gasteiger partial charge is 0.366 e. The van der Waals surface area contributed by atoms with E-state index >= 15 is 0 Å². The summed E-state index contributed by atoms with van der Waals surface area (Å²) in [4.78, 5) is 23.9. The lowest BCUT2D eigenvalue weighted by molar-refractivity contribution is 0.1000. The van der Waals surface area contributed by atoms with E-state index in [1.54, 1.807) is 18.2 Å². The molecule has 0 heterocycles. The third-order valence-electron chi connectivity index (χ3n) is 4.84. The van der Waals surface area contributed by atoms with Crippen LogP contribution in [0, 0.1) is 12.8 Å². The Bertz CT molecular complexity index is 770. The quantitative estimate of drug-likeness (QED) is 0.776. The number of rotatable bonds is 5. The molecule has 130 valence electrons. The fourth-order valence-corrected chi connectivity index (χ4v) is 3.12. The number of benzene rings is 2. The van der Waals surface area contributed by atoms with E-state index in [0.29, 0.717) is 17.2 Å². The van der Waals surface area contributed by atoms with E-state index in [1.165, 1.54) is 6.42 Å². The molecule has 25 heavy (non-hydrogen) atoms. The molecule has 0 saturated heterocycles. The van der Waals surface area contributed by atoms with Gasteiger partial charge >= 0.3 is 6.03 Å². The smallest absolute Gasteiger partial charge is 0.319 e. The van der Waals surface area contributed by atoms with Gasteiger partial charge in [-0.1, -0.05) is 42.8 Å². The van der Waals surface area contributed by atoms with Gasteiger partial charge in [0.1, 0.15) is 0 Å². The molecule has 0 spiro atoms. The van der Waals surface area contributed by atoms with Gasteiger partial charge in [-0.25, -0.2) is 4.79 Å². The lowest BCUT2D eigenvalue weighted by Crippen LogP contribution is -2.38. The molecule has 0 unspecified atom stereocenters. The minimum Gasteiger partial charge on any atom is -0.366 e. The molecule has 4 N–H and O–H groups in total. The van der Waals surface area contributed by atoms with Crippen molar-refractivity contribution in [2.24, 2.45) is 11.7 Å². The summed E-state index contributed by atoms with van der Waals surface area (Å²) in [6, 6.07) is 14.8. The van der Waals surface area contributed by atoms with Crippen molar-refractivity contribution in [1.29, 1.82) is 0 Å². The monoisotopic (exact) mass is 337 g/mol. The molecule has 2 aromatic carbocycles. The number of nitrogens with two attached hydrogens (primary N) is 1. The highest BCUT2D eigenvalue weighted by molar-refractivity contribution is 5.96. The average Bonchev–Trinajstić information content (AvgIpc) is 2.55. The average molecular weight is 337 g/mol. The molecule has 5 nitrogen and oxygen atoms in total. The standard InChI is InChI=1S/C20H23N3O2/c1-13-10-11-16(19(21)24)12-17(13)22-20(25)23-18(15-8-5-9-15)14-6-3-2-4-7-14/h2-4,6-7,10-12,15,18H,5,8-9H2,1H3,(H2,21,24)(H2,22,23,25)/t18-/m1/s1. The van der Waals surface area contributed by atoms with Gasteiger partial charge in [0.2, 0.25) is 5.91 Å². The number of urea groups is 1. The number of aryl methyl sites for hydroxylation is 1. The number of primary amides is 1. The van der Waals surface area contributed by atoms with E-state index in [2.05, 4.69) is 10.6 Å². The summed E-state index contributed by atoms with van der Waals surface area (Å²) in [5, 5.41) is 5.94. The van der Waals surface area contributed by atoms with Crippen LogP contribution in [-0.4, -0.2) is 11.9 Å². The number of amides is 3. The predicted octanol–water partition coefficient (Wildman–Crippen LogP) is 3.76. The first-order chi connectivity index (χ1) is 12.0. The molecule has 2 aromatic rings. The second kappa shape index (κ2) is 7.38. The molecule has 3 amide bonds. The summed E-state index contributed by atoms with van der Waals surface area (Å²) in [5.41, 5.74) is 8.28. The molecule has 1 atom stereocenters. The highest BCUT2D eigenvalue weighted by Gasteiger charge is 2.29. The van der Waals surface area contributed by atoms with Crippen molar-refractivity contribution in [1.82, 2.24) is 5.32 Å². The van der Waals surface area contributed by atoms with E-state index in [4.69, 9.17) is 5.73 Å². The second-order valence-electron chi connectivity index (χ2n) is 6.57. The highest BCUT2D eigenvalue weighted by Crippen LogP contribution is 2.37. The number of anilines is 1. The van der Waals surface area contributed by atoms with Crippen LogP contribution in [0.25, 0.3) is 0 Å². The van der Waals surface area contributed by atoms with Crippen molar-refractivity contribution in [3.8, 4) is 0 Å². The van der Waals surface area contributed by atoms with Gasteiger partial charge in [-0.2, -0.15) is 0 Å². The first-order valence-electron chi connectivity index (χ1n) is 8.57. The minimum absolute atomic E-state index is 0.00502. The van der Waals surface area contributed by atoms with Crippen LogP contribution < -0.4 is 16.4 Å². The zero-order valence-corrected chi connectivity index (χ0v) is 14.3. The molecule has 1 fully saturated rings. The van der Waals surface area contributed by atoms with Gasteiger partial charge in [0, 0.05) is 11.3 Å². The highest BCUT2D eigenvalue weighted by atomic mass is 16.2. The molecule has 0 aliphatic heterocycles. The topological polar surface area (TPSA) is 84.2 Å². The maximum absolute atomic E-state index is 12.5. The Hall–Kier alpha value is -2.82. The maximum Gasteiger partial charge on any atom is 0.319 e. The summed E-state index contributed by atoms with van der Waals surface area (Å²) in [7, 11) is 0. The van der Waals surface area contributed by atoms with Crippen molar-refractivity contribution in [3.63, 3.8) is 0 Å². The van der Waals surface area contributed by atoms with Crippen LogP contribution in [0.3, 0.4) is 0 Å². The van der Waals surface area contributed by atoms with Crippen molar-refractivity contribution < 1.29 is 9.59 Å². The Labute approximate surface area is 147 Å². The SMILES string of the molecule is Cc1ccc(C(N)=O)cc1NC(=O)N[C@H](c1ccccc1)C1CCC1. The molecule has 0 bridgehead atoms. The van der Waals surface area contributed by atoms with E-state index in [1.807, 2.05) is 37.3 Å². The Balaban J connectivity index is 1.74. The lowest BCUT2D eigenvalue weighted by Gasteiger charge is -2.34. The van der Waals surface area contributed by atoms with Crippen molar-refractivity contribution in [2.75, 3.05) is 5.32 Å². The van der Waals surface area contributed by atoms with E-state index in [9.17, 15) is 9.59 Å². The molecule has 1 aliphatic rings. The van der Waals surface area contributed by atoms with Gasteiger partial charge in [-0.3, -0.25) is 4.79 Å². The zero-order chi connectivity index (χ0) is 17.8. The lowest BCUT2D eigenvalue weighted by atomic mass is 9.77. The van der Waals surface area contributed by atoms with E-state index < -0.39 is 5.91 Å². The van der Waals surface area contributed by atoms with Crippen molar-refractivity contribution in [3.05, 3.63) is 65.2 Å². The summed E-state index contributed by atoms with van der Waals surface area (Å²) >= 11 is 0. The Morgan fingerprint density at radius 1 is 1.12 bits per heavy atom. The molecule has 1 aliphatic carbocycles. The van der Waals surface area contributed by atoms with Gasteiger partial charge in [0.25, 0.3) is 0 Å². The summed E-state index contributed by atoms with van der Waals surface area (Å²) < 4.78 is 0. The fourth-order valence-electron chi connectivity index (χ4n) is 3.12. The Morgan fingerprint density at radius 2 is 1.84 bits per heavy atom. The molecular weight excluding hydrogens is 314 g/mol. The summed E-state index contributed by atoms with van der Waals surface area (Å²) in [5.74, 6) is -0.0497. The molecule has 1 saturated carbocycles. The van der Waals surface area contributed by atoms with Crippen LogP contribution in [0.4, 0.5) is 10.5 Å². The van der Waals surface area contributed by atoms with Crippen LogP contribution in [0.2, 0.25) is 0 Å². The number of carbonyl (C=O) groups excluding carboxylic acids is 2. The Morgan fingerprint density at radius 3 is 2.44 bits per heavy atom. The fraction of sp³-hybridized carbons (Fsp3) is 0.300. The van der Waals surface area contributed by atoms with Gasteiger partial charge in [-0.05, 0) is 48.9 Å². The molecule has 5 heteroatoms. The van der Waals surface area contributed by atoms with E-state index in [-0.39, 0.29) is 12.1 Å². The number of nitrogens with one attached hydrogen (secondary N) is 2. The summed E-state index contributed by atoms with van der Waals surface area (Å²) in [6.45, 7) is 1.88. The first kappa shape index (κ1) is 17.0. The van der Waals surface area contributed by atoms with Crippen molar-refractivity contribution in [2.45, 2.75) is 32.2 Å². The van der Waals surface area contributed by atoms with E-state index in [0.717, 1.165) is 24.0 Å². The maximum atomic E-state index is 12.5. The number of carbonyl (C=O) groups is 2. The van der Waals surface area contributed by atoms with Crippen LogP contribution in [-0.2, 0) is 0 Å². The normalized spacial score (nSPS) is 15.1. The second-order valence-corrected chi connectivity index (χ2v) is 6.57. The van der Waals surface area contributed by atoms with Crippen LogP contribution in [0.15, 0.2) is 48.5 Å². The number of hydrogen-bond acceptors (Lipinski definition) is 2. The third kappa shape index (κ3) is 3.99. The molecule has 0 radical (unpaired) electrons. The third-order valence-corrected chi connectivity index (χ3v) is 4.84. The summed E-state index contributed by atoms with van der Waals surface area (Å²) in [6.07, 6.45) is 3.45. The number of hydrogen-bond donors (Lipinski definition) is 3. The van der Waals surface area contributed by atoms with Crippen molar-refractivity contribution >= 4 is 17.6 Å². The van der Waals surface area contributed by atoms with Crippen LogP contribution in [0.1, 0.15) is 46.8 Å². The van der Waals surface area contributed by atoms with Gasteiger partial charge in [0.05, 0.1) is 6.04 Å². The van der Waals surface area contributed by atoms with Gasteiger partial charge < -0.3 is 16.4 Å². The van der Waals surface area contributed by atoms with Crippen LogP contribution >= 0.6 is 0 Å². The molecule has 3 rings (SSSR count). The zero-order valence-electron chi connectivity index (χ0n) is 14.3. The molecule has 0 aromatic heterocycles. The minimum atomic E-state index is -0.514. The van der Waals surface area contributed by atoms with Gasteiger partial charge in [0.15, 0.2) is 0 Å². The first-order valence-corrected chi connectivity index (χ1v) is 8.57. The predicted molar refractivity (Wildman–Crippen MR) is 98.4 cm³/mol. The van der Waals surface area contributed by atoms with Crippen LogP contribution in [0.5, 0.6) is 0 Å².